The summed E-state index contributed by atoms with van der Waals surface area (Å²) in [5, 5.41) is 3.24. The van der Waals surface area contributed by atoms with E-state index in [1.165, 1.54) is 0 Å². The van der Waals surface area contributed by atoms with Crippen LogP contribution in [0.4, 0.5) is 13.2 Å². The van der Waals surface area contributed by atoms with Gasteiger partial charge in [-0.3, -0.25) is 0 Å². The molecule has 1 aromatic rings. The third kappa shape index (κ3) is 2.99. The Balaban J connectivity index is 2.41. The fraction of sp³-hybridized carbons (Fsp3) is 0.769. The lowest BCUT2D eigenvalue weighted by Gasteiger charge is -2.34. The van der Waals surface area contributed by atoms with E-state index in [9.17, 15) is 13.2 Å². The number of methoxy groups -OCH3 is 1. The van der Waals surface area contributed by atoms with Crippen molar-refractivity contribution in [3.63, 3.8) is 0 Å². The van der Waals surface area contributed by atoms with Gasteiger partial charge in [0.25, 0.3) is 0 Å². The lowest BCUT2D eigenvalue weighted by molar-refractivity contribution is -0.141. The predicted octanol–water partition coefficient (Wildman–Crippen LogP) is 3.69. The number of rotatable bonds is 4. The van der Waals surface area contributed by atoms with E-state index in [0.717, 1.165) is 43.4 Å². The Bertz CT molecular complexity index is 453. The van der Waals surface area contributed by atoms with Crippen molar-refractivity contribution in [3.05, 3.63) is 15.6 Å². The van der Waals surface area contributed by atoms with Gasteiger partial charge >= 0.3 is 6.18 Å². The monoisotopic (exact) mass is 308 g/mol. The van der Waals surface area contributed by atoms with Gasteiger partial charge in [-0.05, 0) is 19.9 Å². The zero-order chi connectivity index (χ0) is 14.8. The number of alkyl halides is 3. The van der Waals surface area contributed by atoms with E-state index in [1.54, 1.807) is 14.2 Å². The molecule has 0 saturated heterocycles. The van der Waals surface area contributed by atoms with Crippen LogP contribution in [-0.2, 0) is 23.1 Å². The van der Waals surface area contributed by atoms with E-state index in [0.29, 0.717) is 5.01 Å². The molecule has 1 aliphatic rings. The van der Waals surface area contributed by atoms with Crippen LogP contribution in [0.15, 0.2) is 0 Å². The van der Waals surface area contributed by atoms with Gasteiger partial charge in [0, 0.05) is 13.7 Å². The number of nitrogens with zero attached hydrogens (tertiary/aromatic N) is 1. The summed E-state index contributed by atoms with van der Waals surface area (Å²) in [5.74, 6) is 0. The number of hydrogen-bond acceptors (Lipinski definition) is 4. The number of aromatic nitrogens is 1. The van der Waals surface area contributed by atoms with Gasteiger partial charge in [0.1, 0.15) is 10.6 Å². The Labute approximate surface area is 120 Å². The minimum atomic E-state index is -4.41. The maximum Gasteiger partial charge on any atom is 0.434 e. The highest BCUT2D eigenvalue weighted by atomic mass is 32.1. The standard InChI is InChI=1S/C13H19F3N2OS/c1-17-8-9-10(13(14,15)16)18-11(20-9)12(19-2)6-4-3-5-7-12/h17H,3-8H2,1-2H3. The lowest BCUT2D eigenvalue weighted by atomic mass is 9.85. The molecule has 7 heteroatoms. The molecule has 0 amide bonds. The molecule has 0 bridgehead atoms. The second-order valence-electron chi connectivity index (χ2n) is 5.08. The molecule has 0 spiro atoms. The van der Waals surface area contributed by atoms with Gasteiger partial charge in [-0.1, -0.05) is 19.3 Å². The average Bonchev–Trinajstić information content (AvgIpc) is 2.84. The van der Waals surface area contributed by atoms with Crippen LogP contribution in [0.5, 0.6) is 0 Å². The summed E-state index contributed by atoms with van der Waals surface area (Å²) in [5.41, 5.74) is -1.40. The molecule has 0 aliphatic heterocycles. The number of nitrogens with one attached hydrogen (secondary N) is 1. The maximum absolute atomic E-state index is 13.1. The highest BCUT2D eigenvalue weighted by Gasteiger charge is 2.42. The van der Waals surface area contributed by atoms with Gasteiger partial charge in [0.2, 0.25) is 0 Å². The summed E-state index contributed by atoms with van der Waals surface area (Å²) >= 11 is 1.12. The summed E-state index contributed by atoms with van der Waals surface area (Å²) in [7, 11) is 3.20. The molecule has 0 aromatic carbocycles. The van der Waals surface area contributed by atoms with E-state index in [4.69, 9.17) is 4.74 Å². The van der Waals surface area contributed by atoms with Crippen LogP contribution in [0.2, 0.25) is 0 Å². The Hall–Kier alpha value is -0.660. The summed E-state index contributed by atoms with van der Waals surface area (Å²) in [6.45, 7) is 0.173. The van der Waals surface area contributed by atoms with Crippen LogP contribution in [0.25, 0.3) is 0 Å². The largest absolute Gasteiger partial charge is 0.434 e. The second kappa shape index (κ2) is 5.99. The van der Waals surface area contributed by atoms with Crippen molar-refractivity contribution in [2.45, 2.75) is 50.4 Å². The molecule has 2 rings (SSSR count). The van der Waals surface area contributed by atoms with Crippen molar-refractivity contribution < 1.29 is 17.9 Å². The Morgan fingerprint density at radius 3 is 2.45 bits per heavy atom. The quantitative estimate of drug-likeness (QED) is 0.921. The molecule has 1 heterocycles. The molecule has 1 N–H and O–H groups in total. The van der Waals surface area contributed by atoms with Gasteiger partial charge < -0.3 is 10.1 Å². The van der Waals surface area contributed by atoms with Crippen LogP contribution in [-0.4, -0.2) is 19.1 Å². The molecule has 20 heavy (non-hydrogen) atoms. The average molecular weight is 308 g/mol. The summed E-state index contributed by atoms with van der Waals surface area (Å²) in [6, 6.07) is 0. The minimum Gasteiger partial charge on any atom is -0.371 e. The first-order valence-corrected chi connectivity index (χ1v) is 7.52. The van der Waals surface area contributed by atoms with Crippen LogP contribution < -0.4 is 5.32 Å². The molecule has 0 radical (unpaired) electrons. The molecular formula is C13H19F3N2OS. The van der Waals surface area contributed by atoms with Crippen LogP contribution in [0.1, 0.15) is 47.7 Å². The topological polar surface area (TPSA) is 34.1 Å². The van der Waals surface area contributed by atoms with Crippen LogP contribution in [0.3, 0.4) is 0 Å². The third-order valence-electron chi connectivity index (χ3n) is 3.74. The van der Waals surface area contributed by atoms with Gasteiger partial charge in [-0.25, -0.2) is 4.98 Å². The zero-order valence-electron chi connectivity index (χ0n) is 11.6. The molecule has 3 nitrogen and oxygen atoms in total. The summed E-state index contributed by atoms with van der Waals surface area (Å²) in [4.78, 5) is 4.13. The SMILES string of the molecule is CNCc1sc(C2(OC)CCCCC2)nc1C(F)(F)F. The number of halogens is 3. The van der Waals surface area contributed by atoms with Crippen molar-refractivity contribution in [2.75, 3.05) is 14.2 Å². The fourth-order valence-electron chi connectivity index (χ4n) is 2.68. The lowest BCUT2D eigenvalue weighted by Crippen LogP contribution is -2.31. The van der Waals surface area contributed by atoms with Crippen molar-refractivity contribution >= 4 is 11.3 Å². The van der Waals surface area contributed by atoms with E-state index in [2.05, 4.69) is 10.3 Å². The highest BCUT2D eigenvalue weighted by molar-refractivity contribution is 7.11. The van der Waals surface area contributed by atoms with Gasteiger partial charge in [0.15, 0.2) is 5.69 Å². The normalized spacial score (nSPS) is 19.2. The van der Waals surface area contributed by atoms with Gasteiger partial charge in [0.05, 0.1) is 4.88 Å². The van der Waals surface area contributed by atoms with Crippen molar-refractivity contribution in [1.29, 1.82) is 0 Å². The second-order valence-corrected chi connectivity index (χ2v) is 6.16. The Morgan fingerprint density at radius 1 is 1.30 bits per heavy atom. The van der Waals surface area contributed by atoms with Crippen LogP contribution >= 0.6 is 11.3 Å². The first kappa shape index (κ1) is 15.7. The molecule has 1 fully saturated rings. The Kier molecular flexibility index (Phi) is 4.71. The van der Waals surface area contributed by atoms with Crippen molar-refractivity contribution in [2.24, 2.45) is 0 Å². The maximum atomic E-state index is 13.1. The smallest absolute Gasteiger partial charge is 0.371 e. The first-order chi connectivity index (χ1) is 9.43. The minimum absolute atomic E-state index is 0.173. The number of thiazole rings is 1. The van der Waals surface area contributed by atoms with Crippen molar-refractivity contribution in [3.8, 4) is 0 Å². The van der Waals surface area contributed by atoms with Crippen molar-refractivity contribution in [1.82, 2.24) is 10.3 Å². The van der Waals surface area contributed by atoms with E-state index in [1.807, 2.05) is 0 Å². The number of hydrogen-bond donors (Lipinski definition) is 1. The van der Waals surface area contributed by atoms with Gasteiger partial charge in [-0.2, -0.15) is 13.2 Å². The van der Waals surface area contributed by atoms with E-state index < -0.39 is 17.5 Å². The van der Waals surface area contributed by atoms with Crippen LogP contribution in [0, 0.1) is 0 Å². The molecule has 1 saturated carbocycles. The molecule has 0 atom stereocenters. The fourth-order valence-corrected chi connectivity index (χ4v) is 3.99. The summed E-state index contributed by atoms with van der Waals surface area (Å²) in [6.07, 6.45) is 0.114. The number of ether oxygens (including phenoxy) is 1. The molecule has 1 aromatic heterocycles. The van der Waals surface area contributed by atoms with Gasteiger partial charge in [-0.15, -0.1) is 11.3 Å². The zero-order valence-corrected chi connectivity index (χ0v) is 12.5. The molecular weight excluding hydrogens is 289 g/mol. The first-order valence-electron chi connectivity index (χ1n) is 6.70. The molecule has 114 valence electrons. The third-order valence-corrected chi connectivity index (χ3v) is 4.99. The molecule has 0 unspecified atom stereocenters. The van der Waals surface area contributed by atoms with E-state index in [-0.39, 0.29) is 11.4 Å². The molecule has 1 aliphatic carbocycles. The predicted molar refractivity (Wildman–Crippen MR) is 71.7 cm³/mol. The Morgan fingerprint density at radius 2 is 1.95 bits per heavy atom. The van der Waals surface area contributed by atoms with E-state index >= 15 is 0 Å². The highest BCUT2D eigenvalue weighted by Crippen LogP contribution is 2.44. The summed E-state index contributed by atoms with van der Waals surface area (Å²) < 4.78 is 44.8.